The number of pyridine rings is 1. The summed E-state index contributed by atoms with van der Waals surface area (Å²) in [5, 5.41) is 4.32. The third-order valence-electron chi connectivity index (χ3n) is 5.52. The van der Waals surface area contributed by atoms with E-state index in [2.05, 4.69) is 30.7 Å². The maximum Gasteiger partial charge on any atom is 0.177 e. The molecule has 0 radical (unpaired) electrons. The van der Waals surface area contributed by atoms with Crippen LogP contribution in [-0.2, 0) is 0 Å². The van der Waals surface area contributed by atoms with Gasteiger partial charge in [-0.3, -0.25) is 0 Å². The van der Waals surface area contributed by atoms with Crippen molar-refractivity contribution in [3.05, 3.63) is 36.7 Å². The van der Waals surface area contributed by atoms with E-state index in [0.717, 1.165) is 39.4 Å². The van der Waals surface area contributed by atoms with Crippen molar-refractivity contribution in [1.29, 1.82) is 0 Å². The lowest BCUT2D eigenvalue weighted by molar-refractivity contribution is 0.273. The van der Waals surface area contributed by atoms with Crippen molar-refractivity contribution < 1.29 is 4.39 Å². The van der Waals surface area contributed by atoms with Gasteiger partial charge in [-0.15, -0.1) is 0 Å². The van der Waals surface area contributed by atoms with Crippen molar-refractivity contribution in [3.8, 4) is 11.1 Å². The summed E-state index contributed by atoms with van der Waals surface area (Å²) in [4.78, 5) is 15.6. The Bertz CT molecular complexity index is 1180. The summed E-state index contributed by atoms with van der Waals surface area (Å²) in [5.41, 5.74) is 4.74. The highest BCUT2D eigenvalue weighted by molar-refractivity contribution is 5.91. The summed E-state index contributed by atoms with van der Waals surface area (Å²) >= 11 is 0. The molecule has 1 saturated carbocycles. The molecule has 6 rings (SSSR count). The predicted molar refractivity (Wildman–Crippen MR) is 99.6 cm³/mol. The van der Waals surface area contributed by atoms with Crippen LogP contribution in [0.4, 0.5) is 10.2 Å². The van der Waals surface area contributed by atoms with Crippen molar-refractivity contribution >= 4 is 22.5 Å². The fraction of sp³-hybridized carbons (Fsp3) is 0.368. The second-order valence-electron chi connectivity index (χ2n) is 7.44. The summed E-state index contributed by atoms with van der Waals surface area (Å²) in [5.74, 6) is 1.78. The van der Waals surface area contributed by atoms with Crippen LogP contribution in [0.5, 0.6) is 0 Å². The first-order valence-electron chi connectivity index (χ1n) is 9.25. The van der Waals surface area contributed by atoms with Crippen LogP contribution in [0, 0.1) is 6.92 Å². The summed E-state index contributed by atoms with van der Waals surface area (Å²) < 4.78 is 17.5. The number of halogens is 1. The summed E-state index contributed by atoms with van der Waals surface area (Å²) in [6.07, 6.45) is 6.89. The number of alkyl halides is 1. The van der Waals surface area contributed by atoms with Crippen LogP contribution in [-0.4, -0.2) is 48.4 Å². The number of hydrogen-bond donors (Lipinski definition) is 0. The lowest BCUT2D eigenvalue weighted by Crippen LogP contribution is -2.49. The molecule has 0 atom stereocenters. The van der Waals surface area contributed by atoms with E-state index in [-0.39, 0.29) is 0 Å². The number of aryl methyl sites for hydroxylation is 1. The molecular formula is C19H18FN7. The van der Waals surface area contributed by atoms with Gasteiger partial charge in [-0.25, -0.2) is 23.9 Å². The minimum Gasteiger partial charge on any atom is -0.349 e. The Morgan fingerprint density at radius 1 is 1.19 bits per heavy atom. The third-order valence-corrected chi connectivity index (χ3v) is 5.52. The molecule has 0 aromatic carbocycles. The molecular weight excluding hydrogens is 345 g/mol. The zero-order chi connectivity index (χ0) is 18.1. The molecule has 0 bridgehead atoms. The van der Waals surface area contributed by atoms with Crippen molar-refractivity contribution in [2.24, 2.45) is 0 Å². The van der Waals surface area contributed by atoms with Gasteiger partial charge in [0.25, 0.3) is 0 Å². The van der Waals surface area contributed by atoms with Crippen LogP contribution in [0.3, 0.4) is 0 Å². The van der Waals surface area contributed by atoms with Crippen LogP contribution < -0.4 is 4.90 Å². The zero-order valence-corrected chi connectivity index (χ0v) is 14.9. The van der Waals surface area contributed by atoms with Crippen molar-refractivity contribution in [1.82, 2.24) is 29.1 Å². The monoisotopic (exact) mass is 363 g/mol. The molecule has 7 nitrogen and oxygen atoms in total. The molecule has 0 N–H and O–H groups in total. The normalized spacial score (nSPS) is 17.8. The van der Waals surface area contributed by atoms with E-state index in [0.29, 0.717) is 19.1 Å². The third kappa shape index (κ3) is 2.19. The van der Waals surface area contributed by atoms with E-state index in [1.165, 1.54) is 19.2 Å². The lowest BCUT2D eigenvalue weighted by atomic mass is 10.1. The molecule has 0 unspecified atom stereocenters. The highest BCUT2D eigenvalue weighted by Crippen LogP contribution is 2.39. The molecule has 2 fully saturated rings. The predicted octanol–water partition coefficient (Wildman–Crippen LogP) is 2.94. The lowest BCUT2D eigenvalue weighted by Gasteiger charge is -2.35. The molecule has 0 amide bonds. The Labute approximate surface area is 154 Å². The maximum absolute atomic E-state index is 13.4. The van der Waals surface area contributed by atoms with Gasteiger partial charge in [0.1, 0.15) is 23.8 Å². The van der Waals surface area contributed by atoms with Crippen LogP contribution in [0.25, 0.3) is 27.8 Å². The Morgan fingerprint density at radius 2 is 2.04 bits per heavy atom. The highest BCUT2D eigenvalue weighted by Gasteiger charge is 2.30. The van der Waals surface area contributed by atoms with Crippen molar-refractivity contribution in [2.45, 2.75) is 32.0 Å². The topological polar surface area (TPSA) is 64.1 Å². The quantitative estimate of drug-likeness (QED) is 0.560. The van der Waals surface area contributed by atoms with Gasteiger partial charge in [0.05, 0.1) is 18.6 Å². The number of nitrogens with zero attached hydrogens (tertiary/aromatic N) is 7. The van der Waals surface area contributed by atoms with E-state index in [1.54, 1.807) is 4.52 Å². The van der Waals surface area contributed by atoms with E-state index < -0.39 is 6.17 Å². The van der Waals surface area contributed by atoms with Gasteiger partial charge in [0, 0.05) is 29.6 Å². The van der Waals surface area contributed by atoms with Crippen LogP contribution in [0.1, 0.15) is 24.7 Å². The van der Waals surface area contributed by atoms with E-state index in [1.807, 2.05) is 30.3 Å². The first-order valence-corrected chi connectivity index (χ1v) is 9.25. The number of hydrogen-bond acceptors (Lipinski definition) is 5. The van der Waals surface area contributed by atoms with Gasteiger partial charge >= 0.3 is 0 Å². The van der Waals surface area contributed by atoms with Gasteiger partial charge in [0.2, 0.25) is 0 Å². The number of fused-ring (bicyclic) bond motifs is 2. The highest BCUT2D eigenvalue weighted by atomic mass is 19.1. The first-order chi connectivity index (χ1) is 13.2. The van der Waals surface area contributed by atoms with Crippen LogP contribution in [0.15, 0.2) is 30.9 Å². The summed E-state index contributed by atoms with van der Waals surface area (Å²) in [6.45, 7) is 2.79. The van der Waals surface area contributed by atoms with Gasteiger partial charge in [-0.05, 0) is 31.9 Å². The Hall–Kier alpha value is -3.03. The smallest absolute Gasteiger partial charge is 0.177 e. The average Bonchev–Trinajstić information content (AvgIpc) is 3.28. The Balaban J connectivity index is 1.54. The van der Waals surface area contributed by atoms with E-state index >= 15 is 0 Å². The molecule has 1 aliphatic carbocycles. The first kappa shape index (κ1) is 15.1. The van der Waals surface area contributed by atoms with Crippen LogP contribution >= 0.6 is 0 Å². The molecule has 0 spiro atoms. The standard InChI is InChI=1S/C19H18FN7/c1-11-24-18-16(27(11)14-2-3-14)6-12(7-21-18)15-4-5-26-17(15)19(22-10-23-26)25-8-13(20)9-25/h4-7,10,13-14H,2-3,8-9H2,1H3. The Morgan fingerprint density at radius 3 is 2.81 bits per heavy atom. The largest absolute Gasteiger partial charge is 0.349 e. The minimum absolute atomic E-state index is 0.377. The minimum atomic E-state index is -0.785. The Kier molecular flexibility index (Phi) is 2.93. The molecule has 5 heterocycles. The molecule has 2 aliphatic rings. The summed E-state index contributed by atoms with van der Waals surface area (Å²) in [6, 6.07) is 4.72. The summed E-state index contributed by atoms with van der Waals surface area (Å²) in [7, 11) is 0. The molecule has 4 aromatic heterocycles. The fourth-order valence-corrected chi connectivity index (χ4v) is 4.03. The zero-order valence-electron chi connectivity index (χ0n) is 14.9. The van der Waals surface area contributed by atoms with Gasteiger partial charge in [-0.2, -0.15) is 5.10 Å². The van der Waals surface area contributed by atoms with Crippen molar-refractivity contribution in [2.75, 3.05) is 18.0 Å². The van der Waals surface area contributed by atoms with Gasteiger partial charge in [0.15, 0.2) is 11.5 Å². The van der Waals surface area contributed by atoms with Gasteiger partial charge in [-0.1, -0.05) is 0 Å². The number of aromatic nitrogens is 6. The maximum atomic E-state index is 13.4. The van der Waals surface area contributed by atoms with Crippen LogP contribution in [0.2, 0.25) is 0 Å². The van der Waals surface area contributed by atoms with Crippen molar-refractivity contribution in [3.63, 3.8) is 0 Å². The number of imidazole rings is 1. The molecule has 27 heavy (non-hydrogen) atoms. The fourth-order valence-electron chi connectivity index (χ4n) is 4.03. The van der Waals surface area contributed by atoms with E-state index in [9.17, 15) is 4.39 Å². The SMILES string of the molecule is Cc1nc2ncc(-c3ccn4ncnc(N5CC(F)C5)c34)cc2n1C1CC1. The second-order valence-corrected chi connectivity index (χ2v) is 7.44. The molecule has 1 aliphatic heterocycles. The average molecular weight is 363 g/mol. The molecule has 136 valence electrons. The molecule has 4 aromatic rings. The second kappa shape index (κ2) is 5.25. The number of anilines is 1. The van der Waals surface area contributed by atoms with Gasteiger partial charge < -0.3 is 9.47 Å². The molecule has 1 saturated heterocycles. The molecule has 8 heteroatoms. The number of rotatable bonds is 3. The van der Waals surface area contributed by atoms with E-state index in [4.69, 9.17) is 0 Å².